The summed E-state index contributed by atoms with van der Waals surface area (Å²) in [5, 5.41) is 4.28. The van der Waals surface area contributed by atoms with Crippen molar-refractivity contribution >= 4 is 28.5 Å². The van der Waals surface area contributed by atoms with Gasteiger partial charge in [0.2, 0.25) is 0 Å². The molecule has 1 unspecified atom stereocenters. The maximum absolute atomic E-state index is 12.1. The Labute approximate surface area is 151 Å². The normalized spacial score (nSPS) is 12.2. The zero-order valence-corrected chi connectivity index (χ0v) is 14.8. The van der Waals surface area contributed by atoms with E-state index in [0.29, 0.717) is 23.8 Å². The summed E-state index contributed by atoms with van der Waals surface area (Å²) in [5.41, 5.74) is 1.79. The largest absolute Gasteiger partial charge is 0.451 e. The zero-order valence-electron chi connectivity index (χ0n) is 14.0. The summed E-state index contributed by atoms with van der Waals surface area (Å²) in [6.07, 6.45) is 0.770. The number of hydrogen-bond donors (Lipinski definition) is 1. The molecule has 0 radical (unpaired) electrons. The Bertz CT molecular complexity index is 845. The summed E-state index contributed by atoms with van der Waals surface area (Å²) in [7, 11) is 0. The lowest BCUT2D eigenvalue weighted by Crippen LogP contribution is -2.24. The molecule has 0 aliphatic heterocycles. The zero-order chi connectivity index (χ0) is 17.6. The van der Waals surface area contributed by atoms with Crippen LogP contribution >= 0.6 is 11.6 Å². The van der Waals surface area contributed by atoms with Crippen molar-refractivity contribution < 1.29 is 13.9 Å². The first-order chi connectivity index (χ1) is 12.1. The Balaban J connectivity index is 1.43. The lowest BCUT2D eigenvalue weighted by atomic mass is 10.1. The van der Waals surface area contributed by atoms with E-state index in [1.54, 1.807) is 24.3 Å². The van der Waals surface area contributed by atoms with Crippen LogP contribution in [0.4, 0.5) is 0 Å². The van der Waals surface area contributed by atoms with Gasteiger partial charge in [-0.25, -0.2) is 0 Å². The summed E-state index contributed by atoms with van der Waals surface area (Å²) < 4.78 is 11.3. The molecule has 0 saturated carbocycles. The summed E-state index contributed by atoms with van der Waals surface area (Å²) in [5.74, 6) is 0.0549. The van der Waals surface area contributed by atoms with Crippen molar-refractivity contribution in [2.45, 2.75) is 19.4 Å². The number of hydrogen-bond acceptors (Lipinski definition) is 3. The molecular formula is C20H20ClNO3. The minimum absolute atomic E-state index is 0.0389. The van der Waals surface area contributed by atoms with E-state index in [2.05, 4.69) is 5.32 Å². The van der Waals surface area contributed by atoms with E-state index in [1.165, 1.54) is 0 Å². The fraction of sp³-hybridized carbons (Fsp3) is 0.250. The second kappa shape index (κ2) is 8.19. The Morgan fingerprint density at radius 2 is 2.00 bits per heavy atom. The van der Waals surface area contributed by atoms with Gasteiger partial charge in [-0.1, -0.05) is 41.9 Å². The summed E-state index contributed by atoms with van der Waals surface area (Å²) in [4.78, 5) is 12.1. The molecule has 3 rings (SSSR count). The third-order valence-corrected chi connectivity index (χ3v) is 4.18. The highest BCUT2D eigenvalue weighted by molar-refractivity contribution is 6.31. The van der Waals surface area contributed by atoms with Crippen LogP contribution in [0.5, 0.6) is 0 Å². The highest BCUT2D eigenvalue weighted by Gasteiger charge is 2.12. The first-order valence-electron chi connectivity index (χ1n) is 8.27. The van der Waals surface area contributed by atoms with Gasteiger partial charge in [0.05, 0.1) is 6.10 Å². The van der Waals surface area contributed by atoms with Gasteiger partial charge in [-0.05, 0) is 43.2 Å². The number of amides is 1. The predicted octanol–water partition coefficient (Wildman–Crippen LogP) is 4.98. The maximum atomic E-state index is 12.1. The molecule has 0 spiro atoms. The Morgan fingerprint density at radius 1 is 1.20 bits per heavy atom. The maximum Gasteiger partial charge on any atom is 0.287 e. The minimum Gasteiger partial charge on any atom is -0.451 e. The van der Waals surface area contributed by atoms with Gasteiger partial charge in [0.15, 0.2) is 5.76 Å². The molecule has 130 valence electrons. The van der Waals surface area contributed by atoms with Gasteiger partial charge in [0.25, 0.3) is 5.91 Å². The molecule has 0 aliphatic rings. The number of rotatable bonds is 7. The van der Waals surface area contributed by atoms with Crippen LogP contribution in [-0.2, 0) is 4.74 Å². The Morgan fingerprint density at radius 3 is 2.80 bits per heavy atom. The van der Waals surface area contributed by atoms with E-state index in [1.807, 2.05) is 37.3 Å². The molecule has 1 amide bonds. The molecule has 25 heavy (non-hydrogen) atoms. The molecule has 1 aromatic heterocycles. The molecule has 4 nitrogen and oxygen atoms in total. The summed E-state index contributed by atoms with van der Waals surface area (Å²) in [6.45, 7) is 3.12. The highest BCUT2D eigenvalue weighted by atomic mass is 35.5. The molecule has 2 aromatic carbocycles. The first kappa shape index (κ1) is 17.5. The molecule has 1 atom stereocenters. The van der Waals surface area contributed by atoms with E-state index in [-0.39, 0.29) is 17.8 Å². The monoisotopic (exact) mass is 357 g/mol. The van der Waals surface area contributed by atoms with Crippen LogP contribution in [0, 0.1) is 0 Å². The molecule has 3 aromatic rings. The summed E-state index contributed by atoms with van der Waals surface area (Å²) in [6, 6.07) is 17.0. The predicted molar refractivity (Wildman–Crippen MR) is 99.0 cm³/mol. The fourth-order valence-corrected chi connectivity index (χ4v) is 2.75. The number of fused-ring (bicyclic) bond motifs is 1. The van der Waals surface area contributed by atoms with Crippen LogP contribution in [-0.4, -0.2) is 19.1 Å². The number of carbonyl (C=O) groups excluding carboxylic acids is 1. The van der Waals surface area contributed by atoms with E-state index in [9.17, 15) is 4.79 Å². The van der Waals surface area contributed by atoms with Crippen LogP contribution < -0.4 is 5.32 Å². The average Bonchev–Trinajstić information content (AvgIpc) is 3.05. The fourth-order valence-electron chi connectivity index (χ4n) is 2.57. The molecule has 1 heterocycles. The smallest absolute Gasteiger partial charge is 0.287 e. The van der Waals surface area contributed by atoms with Crippen molar-refractivity contribution in [3.05, 3.63) is 70.9 Å². The molecule has 1 N–H and O–H groups in total. The molecule has 0 aliphatic carbocycles. The Hall–Kier alpha value is -2.30. The molecule has 0 fully saturated rings. The number of ether oxygens (including phenoxy) is 1. The standard InChI is InChI=1S/C20H20ClNO3/c1-14(15-6-3-2-4-7-15)24-11-5-10-22-20(23)19-13-16-12-17(21)8-9-18(16)25-19/h2-4,6-9,12-14H,5,10-11H2,1H3,(H,22,23). The van der Waals surface area contributed by atoms with Crippen LogP contribution in [0.2, 0.25) is 5.02 Å². The van der Waals surface area contributed by atoms with Gasteiger partial charge < -0.3 is 14.5 Å². The van der Waals surface area contributed by atoms with Gasteiger partial charge in [0, 0.05) is 23.6 Å². The quantitative estimate of drug-likeness (QED) is 0.606. The van der Waals surface area contributed by atoms with Crippen LogP contribution in [0.3, 0.4) is 0 Å². The number of nitrogens with one attached hydrogen (secondary N) is 1. The topological polar surface area (TPSA) is 51.5 Å². The number of halogens is 1. The minimum atomic E-state index is -0.233. The first-order valence-corrected chi connectivity index (χ1v) is 8.65. The lowest BCUT2D eigenvalue weighted by Gasteiger charge is -2.13. The van der Waals surface area contributed by atoms with Gasteiger partial charge >= 0.3 is 0 Å². The third-order valence-electron chi connectivity index (χ3n) is 3.95. The second-order valence-corrected chi connectivity index (χ2v) is 6.26. The van der Waals surface area contributed by atoms with E-state index < -0.39 is 0 Å². The van der Waals surface area contributed by atoms with Gasteiger partial charge in [-0.2, -0.15) is 0 Å². The SMILES string of the molecule is CC(OCCCNC(=O)c1cc2cc(Cl)ccc2o1)c1ccccc1. The van der Waals surface area contributed by atoms with Crippen LogP contribution in [0.1, 0.15) is 35.6 Å². The van der Waals surface area contributed by atoms with Crippen LogP contribution in [0.25, 0.3) is 11.0 Å². The van der Waals surface area contributed by atoms with Crippen molar-refractivity contribution in [2.75, 3.05) is 13.2 Å². The number of carbonyl (C=O) groups is 1. The molecular weight excluding hydrogens is 338 g/mol. The van der Waals surface area contributed by atoms with Crippen molar-refractivity contribution in [2.24, 2.45) is 0 Å². The van der Waals surface area contributed by atoms with Crippen molar-refractivity contribution in [1.82, 2.24) is 5.32 Å². The average molecular weight is 358 g/mol. The molecule has 0 bridgehead atoms. The van der Waals surface area contributed by atoms with E-state index in [0.717, 1.165) is 17.4 Å². The van der Waals surface area contributed by atoms with Crippen LogP contribution in [0.15, 0.2) is 59.0 Å². The summed E-state index contributed by atoms with van der Waals surface area (Å²) >= 11 is 5.94. The van der Waals surface area contributed by atoms with E-state index >= 15 is 0 Å². The van der Waals surface area contributed by atoms with Gasteiger partial charge in [0.1, 0.15) is 5.58 Å². The van der Waals surface area contributed by atoms with E-state index in [4.69, 9.17) is 20.8 Å². The van der Waals surface area contributed by atoms with Crippen molar-refractivity contribution in [3.8, 4) is 0 Å². The van der Waals surface area contributed by atoms with Gasteiger partial charge in [-0.3, -0.25) is 4.79 Å². The Kier molecular flexibility index (Phi) is 5.74. The molecule has 0 saturated heterocycles. The number of furan rings is 1. The lowest BCUT2D eigenvalue weighted by molar-refractivity contribution is 0.0633. The second-order valence-electron chi connectivity index (χ2n) is 5.83. The number of benzene rings is 2. The van der Waals surface area contributed by atoms with Crippen molar-refractivity contribution in [3.63, 3.8) is 0 Å². The molecule has 5 heteroatoms. The third kappa shape index (κ3) is 4.62. The van der Waals surface area contributed by atoms with Gasteiger partial charge in [-0.15, -0.1) is 0 Å². The van der Waals surface area contributed by atoms with Crippen molar-refractivity contribution in [1.29, 1.82) is 0 Å². The highest BCUT2D eigenvalue weighted by Crippen LogP contribution is 2.23.